The highest BCUT2D eigenvalue weighted by Crippen LogP contribution is 2.32. The summed E-state index contributed by atoms with van der Waals surface area (Å²) in [4.78, 5) is 12.5. The molecule has 0 fully saturated rings. The van der Waals surface area contributed by atoms with Crippen LogP contribution in [0.25, 0.3) is 11.0 Å². The zero-order chi connectivity index (χ0) is 16.6. The van der Waals surface area contributed by atoms with E-state index in [2.05, 4.69) is 5.32 Å². The van der Waals surface area contributed by atoms with Crippen molar-refractivity contribution in [2.45, 2.75) is 6.92 Å². The van der Waals surface area contributed by atoms with Crippen molar-refractivity contribution in [2.24, 2.45) is 0 Å². The number of anilines is 1. The molecule has 1 N–H and O–H groups in total. The van der Waals surface area contributed by atoms with Crippen molar-refractivity contribution in [3.8, 4) is 5.75 Å². The number of hydrogen-bond acceptors (Lipinski definition) is 3. The molecule has 0 atom stereocenters. The van der Waals surface area contributed by atoms with Crippen LogP contribution in [0.5, 0.6) is 5.75 Å². The number of ether oxygens (including phenoxy) is 1. The second-order valence-electron chi connectivity index (χ2n) is 4.98. The smallest absolute Gasteiger partial charge is 0.291 e. The number of furan rings is 1. The molecule has 0 bridgehead atoms. The average Bonchev–Trinajstić information content (AvgIpc) is 2.86. The molecule has 118 valence electrons. The molecule has 0 aliphatic heterocycles. The number of amides is 1. The number of carbonyl (C=O) groups is 1. The SMILES string of the molecule is COc1ccc(NC(=O)c2oc3c(Cl)cccc3c2C)cc1Cl. The Kier molecular flexibility index (Phi) is 4.20. The van der Waals surface area contributed by atoms with Gasteiger partial charge < -0.3 is 14.5 Å². The third kappa shape index (κ3) is 2.87. The largest absolute Gasteiger partial charge is 0.495 e. The van der Waals surface area contributed by atoms with Gasteiger partial charge >= 0.3 is 0 Å². The molecule has 0 radical (unpaired) electrons. The van der Waals surface area contributed by atoms with Crippen LogP contribution in [-0.2, 0) is 0 Å². The van der Waals surface area contributed by atoms with E-state index in [1.54, 1.807) is 24.3 Å². The summed E-state index contributed by atoms with van der Waals surface area (Å²) in [6.07, 6.45) is 0. The van der Waals surface area contributed by atoms with Gasteiger partial charge in [-0.25, -0.2) is 0 Å². The third-order valence-corrected chi connectivity index (χ3v) is 4.12. The van der Waals surface area contributed by atoms with Gasteiger partial charge in [-0.1, -0.05) is 35.3 Å². The standard InChI is InChI=1S/C17H13Cl2NO3/c1-9-11-4-3-5-12(18)16(11)23-15(9)17(21)20-10-6-7-14(22-2)13(19)8-10/h3-8H,1-2H3,(H,20,21). The molecule has 1 heterocycles. The molecule has 3 aromatic rings. The van der Waals surface area contributed by atoms with Crippen LogP contribution in [0, 0.1) is 6.92 Å². The predicted octanol–water partition coefficient (Wildman–Crippen LogP) is 5.31. The molecular formula is C17H13Cl2NO3. The second-order valence-corrected chi connectivity index (χ2v) is 5.79. The quantitative estimate of drug-likeness (QED) is 0.697. The van der Waals surface area contributed by atoms with Crippen LogP contribution in [0.3, 0.4) is 0 Å². The number of nitrogens with one attached hydrogen (secondary N) is 1. The van der Waals surface area contributed by atoms with Gasteiger partial charge in [-0.15, -0.1) is 0 Å². The number of methoxy groups -OCH3 is 1. The van der Waals surface area contributed by atoms with Crippen molar-refractivity contribution in [2.75, 3.05) is 12.4 Å². The summed E-state index contributed by atoms with van der Waals surface area (Å²) in [6.45, 7) is 1.82. The molecule has 0 aliphatic carbocycles. The fourth-order valence-electron chi connectivity index (χ4n) is 2.36. The Morgan fingerprint density at radius 2 is 1.96 bits per heavy atom. The van der Waals surface area contributed by atoms with E-state index in [0.29, 0.717) is 27.1 Å². The third-order valence-electron chi connectivity index (χ3n) is 3.53. The number of aryl methyl sites for hydroxylation is 1. The first-order valence-electron chi connectivity index (χ1n) is 6.83. The van der Waals surface area contributed by atoms with Crippen LogP contribution >= 0.6 is 23.2 Å². The van der Waals surface area contributed by atoms with Crippen molar-refractivity contribution in [1.82, 2.24) is 0 Å². The van der Waals surface area contributed by atoms with Crippen LogP contribution < -0.4 is 10.1 Å². The molecule has 6 heteroatoms. The Morgan fingerprint density at radius 1 is 1.17 bits per heavy atom. The van der Waals surface area contributed by atoms with Crippen LogP contribution in [-0.4, -0.2) is 13.0 Å². The summed E-state index contributed by atoms with van der Waals surface area (Å²) in [7, 11) is 1.53. The number of benzene rings is 2. The summed E-state index contributed by atoms with van der Waals surface area (Å²) in [5.74, 6) is 0.396. The molecule has 2 aromatic carbocycles. The van der Waals surface area contributed by atoms with Gasteiger partial charge in [0.15, 0.2) is 11.3 Å². The summed E-state index contributed by atoms with van der Waals surface area (Å²) in [5, 5.41) is 4.45. The number of halogens is 2. The minimum absolute atomic E-state index is 0.222. The molecule has 4 nitrogen and oxygen atoms in total. The van der Waals surface area contributed by atoms with E-state index in [9.17, 15) is 4.79 Å². The van der Waals surface area contributed by atoms with Gasteiger partial charge in [0.05, 0.1) is 17.2 Å². The predicted molar refractivity (Wildman–Crippen MR) is 91.9 cm³/mol. The highest BCUT2D eigenvalue weighted by Gasteiger charge is 2.19. The van der Waals surface area contributed by atoms with Crippen LogP contribution in [0.15, 0.2) is 40.8 Å². The summed E-state index contributed by atoms with van der Waals surface area (Å²) >= 11 is 12.2. The monoisotopic (exact) mass is 349 g/mol. The van der Waals surface area contributed by atoms with Gasteiger partial charge in [-0.05, 0) is 31.2 Å². The zero-order valence-corrected chi connectivity index (χ0v) is 14.0. The number of carbonyl (C=O) groups excluding carboxylic acids is 1. The molecule has 0 saturated carbocycles. The lowest BCUT2D eigenvalue weighted by molar-refractivity contribution is 0.0998. The molecule has 23 heavy (non-hydrogen) atoms. The zero-order valence-electron chi connectivity index (χ0n) is 12.4. The molecule has 0 saturated heterocycles. The molecular weight excluding hydrogens is 337 g/mol. The first kappa shape index (κ1) is 15.7. The van der Waals surface area contributed by atoms with E-state index in [4.69, 9.17) is 32.4 Å². The fraction of sp³-hybridized carbons (Fsp3) is 0.118. The van der Waals surface area contributed by atoms with E-state index in [1.165, 1.54) is 7.11 Å². The van der Waals surface area contributed by atoms with E-state index < -0.39 is 0 Å². The van der Waals surface area contributed by atoms with Gasteiger partial charge in [-0.3, -0.25) is 4.79 Å². The van der Waals surface area contributed by atoms with Crippen molar-refractivity contribution in [3.63, 3.8) is 0 Å². The minimum Gasteiger partial charge on any atom is -0.495 e. The Bertz CT molecular complexity index is 902. The van der Waals surface area contributed by atoms with Crippen LogP contribution in [0.1, 0.15) is 16.1 Å². The van der Waals surface area contributed by atoms with E-state index in [0.717, 1.165) is 10.9 Å². The lowest BCUT2D eigenvalue weighted by Gasteiger charge is -2.07. The van der Waals surface area contributed by atoms with E-state index >= 15 is 0 Å². The topological polar surface area (TPSA) is 51.5 Å². The van der Waals surface area contributed by atoms with Crippen molar-refractivity contribution < 1.29 is 13.9 Å². The molecule has 1 amide bonds. The number of hydrogen-bond donors (Lipinski definition) is 1. The molecule has 0 spiro atoms. The van der Waals surface area contributed by atoms with Crippen molar-refractivity contribution >= 4 is 45.8 Å². The summed E-state index contributed by atoms with van der Waals surface area (Å²) in [6, 6.07) is 10.4. The van der Waals surface area contributed by atoms with Gasteiger partial charge in [0, 0.05) is 16.6 Å². The molecule has 1 aromatic heterocycles. The van der Waals surface area contributed by atoms with Gasteiger partial charge in [0.25, 0.3) is 5.91 Å². The lowest BCUT2D eigenvalue weighted by atomic mass is 10.1. The highest BCUT2D eigenvalue weighted by atomic mass is 35.5. The average molecular weight is 350 g/mol. The maximum atomic E-state index is 12.5. The highest BCUT2D eigenvalue weighted by molar-refractivity contribution is 6.35. The van der Waals surface area contributed by atoms with Crippen molar-refractivity contribution in [1.29, 1.82) is 0 Å². The maximum Gasteiger partial charge on any atom is 0.291 e. The summed E-state index contributed by atoms with van der Waals surface area (Å²) in [5.41, 5.74) is 1.79. The molecule has 3 rings (SSSR count). The normalized spacial score (nSPS) is 10.8. The van der Waals surface area contributed by atoms with E-state index in [1.807, 2.05) is 19.1 Å². The maximum absolute atomic E-state index is 12.5. The number of rotatable bonds is 3. The molecule has 0 unspecified atom stereocenters. The molecule has 0 aliphatic rings. The Hall–Kier alpha value is -2.17. The van der Waals surface area contributed by atoms with Crippen LogP contribution in [0.4, 0.5) is 5.69 Å². The van der Waals surface area contributed by atoms with Crippen molar-refractivity contribution in [3.05, 3.63) is 57.8 Å². The first-order chi connectivity index (χ1) is 11.0. The number of fused-ring (bicyclic) bond motifs is 1. The van der Waals surface area contributed by atoms with Gasteiger partial charge in [0.1, 0.15) is 5.75 Å². The first-order valence-corrected chi connectivity index (χ1v) is 7.59. The minimum atomic E-state index is -0.365. The summed E-state index contributed by atoms with van der Waals surface area (Å²) < 4.78 is 10.7. The second kappa shape index (κ2) is 6.14. The number of para-hydroxylation sites is 1. The van der Waals surface area contributed by atoms with Crippen LogP contribution in [0.2, 0.25) is 10.0 Å². The van der Waals surface area contributed by atoms with Gasteiger partial charge in [-0.2, -0.15) is 0 Å². The fourth-order valence-corrected chi connectivity index (χ4v) is 2.83. The Morgan fingerprint density at radius 3 is 2.61 bits per heavy atom. The Labute approximate surface area is 142 Å². The lowest BCUT2D eigenvalue weighted by Crippen LogP contribution is -2.12. The van der Waals surface area contributed by atoms with E-state index in [-0.39, 0.29) is 11.7 Å². The Balaban J connectivity index is 1.93. The van der Waals surface area contributed by atoms with Gasteiger partial charge in [0.2, 0.25) is 0 Å².